The van der Waals surface area contributed by atoms with Crippen molar-refractivity contribution in [2.24, 2.45) is 5.73 Å². The molecule has 0 amide bonds. The highest BCUT2D eigenvalue weighted by Gasteiger charge is 2.12. The smallest absolute Gasteiger partial charge is 0.0864 e. The summed E-state index contributed by atoms with van der Waals surface area (Å²) in [4.78, 5) is 0. The van der Waals surface area contributed by atoms with E-state index in [1.54, 1.807) is 6.20 Å². The molecule has 17 heavy (non-hydrogen) atoms. The summed E-state index contributed by atoms with van der Waals surface area (Å²) in [5.41, 5.74) is 10.9. The Kier molecular flexibility index (Phi) is 3.22. The molecule has 0 unspecified atom stereocenters. The van der Waals surface area contributed by atoms with Crippen LogP contribution in [0.3, 0.4) is 0 Å². The highest BCUT2D eigenvalue weighted by Crippen LogP contribution is 2.27. The average Bonchev–Trinajstić information content (AvgIpc) is 2.59. The van der Waals surface area contributed by atoms with Crippen LogP contribution >= 0.6 is 11.6 Å². The maximum atomic E-state index is 6.30. The van der Waals surface area contributed by atoms with Crippen LogP contribution < -0.4 is 5.73 Å². The van der Waals surface area contributed by atoms with E-state index in [-0.39, 0.29) is 0 Å². The van der Waals surface area contributed by atoms with Crippen LogP contribution in [0.5, 0.6) is 0 Å². The van der Waals surface area contributed by atoms with Gasteiger partial charge in [-0.2, -0.15) is 5.10 Å². The number of hydrogen-bond acceptors (Lipinski definition) is 2. The molecule has 0 saturated carbocycles. The van der Waals surface area contributed by atoms with Gasteiger partial charge >= 0.3 is 0 Å². The fourth-order valence-corrected chi connectivity index (χ4v) is 2.45. The minimum absolute atomic E-state index is 0.494. The van der Waals surface area contributed by atoms with E-state index in [1.165, 1.54) is 0 Å². The molecule has 2 N–H and O–H groups in total. The molecule has 0 radical (unpaired) electrons. The minimum atomic E-state index is 0.494. The first kappa shape index (κ1) is 12.1. The molecule has 0 saturated heterocycles. The Labute approximate surface area is 106 Å². The zero-order valence-electron chi connectivity index (χ0n) is 10.3. The van der Waals surface area contributed by atoms with Crippen molar-refractivity contribution in [3.05, 3.63) is 45.7 Å². The summed E-state index contributed by atoms with van der Waals surface area (Å²) in [5, 5.41) is 5.08. The molecule has 4 heteroatoms. The van der Waals surface area contributed by atoms with E-state index in [0.29, 0.717) is 6.54 Å². The van der Waals surface area contributed by atoms with E-state index in [0.717, 1.165) is 33.1 Å². The maximum absolute atomic E-state index is 6.30. The van der Waals surface area contributed by atoms with Gasteiger partial charge in [-0.05, 0) is 38.0 Å². The molecule has 0 fully saturated rings. The van der Waals surface area contributed by atoms with E-state index in [4.69, 9.17) is 17.3 Å². The van der Waals surface area contributed by atoms with Gasteiger partial charge in [-0.1, -0.05) is 17.7 Å². The van der Waals surface area contributed by atoms with Crippen molar-refractivity contribution in [2.45, 2.75) is 27.3 Å². The van der Waals surface area contributed by atoms with Crippen LogP contribution in [0.1, 0.15) is 22.4 Å². The normalized spacial score (nSPS) is 10.9. The first-order valence-corrected chi connectivity index (χ1v) is 5.93. The number of nitrogens with two attached hydrogens (primary N) is 1. The van der Waals surface area contributed by atoms with E-state index >= 15 is 0 Å². The standard InChI is InChI=1S/C13H16ClN3/c1-8-4-9(2)13(12(14)5-8)17-10(3)11(6-15)7-16-17/h4-5,7H,6,15H2,1-3H3. The van der Waals surface area contributed by atoms with Crippen LogP contribution in [0, 0.1) is 20.8 Å². The van der Waals surface area contributed by atoms with Crippen molar-refractivity contribution in [3.63, 3.8) is 0 Å². The Balaban J connectivity index is 2.64. The van der Waals surface area contributed by atoms with Gasteiger partial charge < -0.3 is 5.73 Å². The molecule has 0 atom stereocenters. The highest BCUT2D eigenvalue weighted by molar-refractivity contribution is 6.32. The molecule has 0 aliphatic heterocycles. The molecule has 90 valence electrons. The lowest BCUT2D eigenvalue weighted by molar-refractivity contribution is 0.836. The van der Waals surface area contributed by atoms with Crippen molar-refractivity contribution in [2.75, 3.05) is 0 Å². The second-order valence-corrected chi connectivity index (χ2v) is 4.69. The molecule has 2 aromatic rings. The second kappa shape index (κ2) is 4.51. The third kappa shape index (κ3) is 2.08. The Morgan fingerprint density at radius 3 is 2.53 bits per heavy atom. The summed E-state index contributed by atoms with van der Waals surface area (Å²) in [6.07, 6.45) is 1.80. The fourth-order valence-electron chi connectivity index (χ4n) is 2.05. The number of rotatable bonds is 2. The Hall–Kier alpha value is -1.32. The van der Waals surface area contributed by atoms with Gasteiger partial charge in [0.05, 0.1) is 16.9 Å². The van der Waals surface area contributed by atoms with Gasteiger partial charge in [-0.25, -0.2) is 4.68 Å². The number of hydrogen-bond donors (Lipinski definition) is 1. The van der Waals surface area contributed by atoms with Crippen molar-refractivity contribution < 1.29 is 0 Å². The largest absolute Gasteiger partial charge is 0.326 e. The molecule has 0 aliphatic carbocycles. The van der Waals surface area contributed by atoms with Gasteiger partial charge in [0, 0.05) is 17.8 Å². The summed E-state index contributed by atoms with van der Waals surface area (Å²) < 4.78 is 1.86. The number of aromatic nitrogens is 2. The Morgan fingerprint density at radius 1 is 1.29 bits per heavy atom. The molecule has 1 aromatic carbocycles. The van der Waals surface area contributed by atoms with Gasteiger partial charge in [-0.3, -0.25) is 0 Å². The van der Waals surface area contributed by atoms with Gasteiger partial charge in [0.1, 0.15) is 0 Å². The lowest BCUT2D eigenvalue weighted by atomic mass is 10.1. The summed E-state index contributed by atoms with van der Waals surface area (Å²) in [6, 6.07) is 4.05. The zero-order chi connectivity index (χ0) is 12.6. The van der Waals surface area contributed by atoms with E-state index in [9.17, 15) is 0 Å². The number of halogens is 1. The van der Waals surface area contributed by atoms with Crippen LogP contribution in [-0.4, -0.2) is 9.78 Å². The van der Waals surface area contributed by atoms with Crippen LogP contribution in [0.4, 0.5) is 0 Å². The quantitative estimate of drug-likeness (QED) is 0.890. The lowest BCUT2D eigenvalue weighted by Crippen LogP contribution is -2.04. The summed E-state index contributed by atoms with van der Waals surface area (Å²) >= 11 is 6.30. The van der Waals surface area contributed by atoms with Gasteiger partial charge in [0.15, 0.2) is 0 Å². The first-order chi connectivity index (χ1) is 8.04. The SMILES string of the molecule is Cc1cc(C)c(-n2ncc(CN)c2C)c(Cl)c1. The van der Waals surface area contributed by atoms with Crippen molar-refractivity contribution in [3.8, 4) is 5.69 Å². The monoisotopic (exact) mass is 249 g/mol. The van der Waals surface area contributed by atoms with Crippen molar-refractivity contribution in [1.29, 1.82) is 0 Å². The second-order valence-electron chi connectivity index (χ2n) is 4.28. The highest BCUT2D eigenvalue weighted by atomic mass is 35.5. The van der Waals surface area contributed by atoms with Gasteiger partial charge in [0.2, 0.25) is 0 Å². The van der Waals surface area contributed by atoms with Crippen LogP contribution in [-0.2, 0) is 6.54 Å². The number of benzene rings is 1. The summed E-state index contributed by atoms with van der Waals surface area (Å²) in [6.45, 7) is 6.57. The van der Waals surface area contributed by atoms with E-state index in [1.807, 2.05) is 31.5 Å². The molecule has 0 spiro atoms. The molecule has 0 aliphatic rings. The van der Waals surface area contributed by atoms with E-state index in [2.05, 4.69) is 11.2 Å². The molecule has 3 nitrogen and oxygen atoms in total. The van der Waals surface area contributed by atoms with Crippen LogP contribution in [0.2, 0.25) is 5.02 Å². The molecular formula is C13H16ClN3. The van der Waals surface area contributed by atoms with Crippen LogP contribution in [0.15, 0.2) is 18.3 Å². The molecular weight excluding hydrogens is 234 g/mol. The van der Waals surface area contributed by atoms with E-state index < -0.39 is 0 Å². The Morgan fingerprint density at radius 2 is 2.00 bits per heavy atom. The number of aryl methyl sites for hydroxylation is 2. The van der Waals surface area contributed by atoms with Gasteiger partial charge in [0.25, 0.3) is 0 Å². The predicted molar refractivity (Wildman–Crippen MR) is 70.7 cm³/mol. The summed E-state index contributed by atoms with van der Waals surface area (Å²) in [7, 11) is 0. The van der Waals surface area contributed by atoms with Gasteiger partial charge in [-0.15, -0.1) is 0 Å². The van der Waals surface area contributed by atoms with Crippen LogP contribution in [0.25, 0.3) is 5.69 Å². The molecule has 1 aromatic heterocycles. The zero-order valence-corrected chi connectivity index (χ0v) is 11.0. The van der Waals surface area contributed by atoms with Crippen molar-refractivity contribution >= 4 is 11.6 Å². The molecule has 1 heterocycles. The summed E-state index contributed by atoms with van der Waals surface area (Å²) in [5.74, 6) is 0. The third-order valence-electron chi connectivity index (χ3n) is 2.94. The topological polar surface area (TPSA) is 43.8 Å². The lowest BCUT2D eigenvalue weighted by Gasteiger charge is -2.12. The fraction of sp³-hybridized carbons (Fsp3) is 0.308. The first-order valence-electron chi connectivity index (χ1n) is 5.55. The maximum Gasteiger partial charge on any atom is 0.0864 e. The Bertz CT molecular complexity index is 535. The third-order valence-corrected chi connectivity index (χ3v) is 3.23. The van der Waals surface area contributed by atoms with Crippen molar-refractivity contribution in [1.82, 2.24) is 9.78 Å². The molecule has 2 rings (SSSR count). The predicted octanol–water partition coefficient (Wildman–Crippen LogP) is 2.91. The number of nitrogens with zero attached hydrogens (tertiary/aromatic N) is 2. The average molecular weight is 250 g/mol. The molecule has 0 bridgehead atoms. The minimum Gasteiger partial charge on any atom is -0.326 e.